The lowest BCUT2D eigenvalue weighted by molar-refractivity contribution is 0.0817. The topological polar surface area (TPSA) is 48.4 Å². The summed E-state index contributed by atoms with van der Waals surface area (Å²) in [6, 6.07) is 14.5. The Morgan fingerprint density at radius 3 is 1.86 bits per heavy atom. The summed E-state index contributed by atoms with van der Waals surface area (Å²) in [6.45, 7) is 3.44. The number of rotatable bonds is 7. The summed E-state index contributed by atoms with van der Waals surface area (Å²) in [4.78, 5) is 16.8. The van der Waals surface area contributed by atoms with Gasteiger partial charge in [-0.3, -0.25) is 9.78 Å². The maximum Gasteiger partial charge on any atom is 0.204 e. The van der Waals surface area contributed by atoms with Crippen LogP contribution in [0.15, 0.2) is 66.9 Å². The molecule has 4 nitrogen and oxygen atoms in total. The molecule has 28 heavy (non-hydrogen) atoms. The van der Waals surface area contributed by atoms with E-state index in [1.807, 2.05) is 6.92 Å². The number of hydrogen-bond donors (Lipinski definition) is 0. The summed E-state index contributed by atoms with van der Waals surface area (Å²) < 4.78 is 37.2. The molecule has 0 aliphatic rings. The third-order valence-corrected chi connectivity index (χ3v) is 4.11. The fraction of sp³-hybridized carbons (Fsp3) is 0.182. The predicted molar refractivity (Wildman–Crippen MR) is 101 cm³/mol. The van der Waals surface area contributed by atoms with Crippen molar-refractivity contribution in [2.45, 2.75) is 26.1 Å². The molecule has 0 aliphatic carbocycles. The van der Waals surface area contributed by atoms with Crippen LogP contribution in [0.3, 0.4) is 0 Å². The Balaban J connectivity index is 1.63. The summed E-state index contributed by atoms with van der Waals surface area (Å²) in [5.41, 5.74) is 1.03. The third-order valence-electron chi connectivity index (χ3n) is 4.11. The maximum absolute atomic E-state index is 13.0. The van der Waals surface area contributed by atoms with E-state index in [0.717, 1.165) is 0 Å². The van der Waals surface area contributed by atoms with E-state index in [0.29, 0.717) is 22.8 Å². The number of carbonyl (C=O) groups excluding carboxylic acids is 1. The highest BCUT2D eigenvalue weighted by molar-refractivity contribution is 5.99. The first kappa shape index (κ1) is 19.5. The molecule has 2 aromatic carbocycles. The van der Waals surface area contributed by atoms with E-state index in [-0.39, 0.29) is 23.5 Å². The molecule has 1 aromatic heterocycles. The Morgan fingerprint density at radius 2 is 1.36 bits per heavy atom. The van der Waals surface area contributed by atoms with Crippen LogP contribution < -0.4 is 9.47 Å². The average molecular weight is 383 g/mol. The quantitative estimate of drug-likeness (QED) is 0.530. The zero-order valence-electron chi connectivity index (χ0n) is 15.4. The molecule has 0 radical (unpaired) electrons. The number of halogens is 2. The molecule has 0 spiro atoms. The number of pyridine rings is 1. The van der Waals surface area contributed by atoms with Gasteiger partial charge in [-0.15, -0.1) is 0 Å². The Kier molecular flexibility index (Phi) is 5.99. The van der Waals surface area contributed by atoms with Crippen molar-refractivity contribution >= 4 is 5.78 Å². The fourth-order valence-electron chi connectivity index (χ4n) is 2.57. The van der Waals surface area contributed by atoms with Crippen molar-refractivity contribution in [1.29, 1.82) is 0 Å². The van der Waals surface area contributed by atoms with Gasteiger partial charge in [0.1, 0.15) is 29.2 Å². The minimum absolute atomic E-state index is 0.240. The SMILES string of the molecule is C[C@@H](Oc1ccc(F)cc1)C(=O)c1ccc([C@@H](C)Oc2ccc(F)cc2)nc1. The average Bonchev–Trinajstić information content (AvgIpc) is 2.71. The van der Waals surface area contributed by atoms with Gasteiger partial charge >= 0.3 is 0 Å². The molecule has 0 amide bonds. The fourth-order valence-corrected chi connectivity index (χ4v) is 2.57. The highest BCUT2D eigenvalue weighted by Crippen LogP contribution is 2.21. The molecule has 6 heteroatoms. The highest BCUT2D eigenvalue weighted by Gasteiger charge is 2.18. The van der Waals surface area contributed by atoms with E-state index in [9.17, 15) is 13.6 Å². The molecule has 0 aliphatic heterocycles. The highest BCUT2D eigenvalue weighted by atomic mass is 19.1. The molecule has 0 fully saturated rings. The summed E-state index contributed by atoms with van der Waals surface area (Å²) in [6.07, 6.45) is 0.348. The molecule has 2 atom stereocenters. The van der Waals surface area contributed by atoms with E-state index in [2.05, 4.69) is 4.98 Å². The number of nitrogens with zero attached hydrogens (tertiary/aromatic N) is 1. The van der Waals surface area contributed by atoms with Crippen LogP contribution in [0.5, 0.6) is 11.5 Å². The second-order valence-corrected chi connectivity index (χ2v) is 6.26. The van der Waals surface area contributed by atoms with E-state index in [1.165, 1.54) is 54.7 Å². The van der Waals surface area contributed by atoms with Crippen molar-refractivity contribution in [3.05, 3.63) is 89.8 Å². The molecular formula is C22H19F2NO3. The van der Waals surface area contributed by atoms with E-state index in [1.54, 1.807) is 19.1 Å². The Hall–Kier alpha value is -3.28. The van der Waals surface area contributed by atoms with Crippen LogP contribution in [0.4, 0.5) is 8.78 Å². The normalized spacial score (nSPS) is 12.9. The van der Waals surface area contributed by atoms with Crippen LogP contribution >= 0.6 is 0 Å². The lowest BCUT2D eigenvalue weighted by atomic mass is 10.1. The Morgan fingerprint density at radius 1 is 0.821 bits per heavy atom. The molecule has 0 unspecified atom stereocenters. The number of benzene rings is 2. The van der Waals surface area contributed by atoms with E-state index in [4.69, 9.17) is 9.47 Å². The Bertz CT molecular complexity index is 926. The lowest BCUT2D eigenvalue weighted by Gasteiger charge is -2.16. The minimum atomic E-state index is -0.744. The van der Waals surface area contributed by atoms with Gasteiger partial charge in [-0.25, -0.2) is 8.78 Å². The van der Waals surface area contributed by atoms with Gasteiger partial charge in [-0.2, -0.15) is 0 Å². The van der Waals surface area contributed by atoms with E-state index < -0.39 is 6.10 Å². The van der Waals surface area contributed by atoms with Crippen molar-refractivity contribution in [2.24, 2.45) is 0 Å². The van der Waals surface area contributed by atoms with Crippen molar-refractivity contribution in [1.82, 2.24) is 4.98 Å². The first-order valence-corrected chi connectivity index (χ1v) is 8.77. The monoisotopic (exact) mass is 383 g/mol. The minimum Gasteiger partial charge on any atom is -0.484 e. The molecule has 0 saturated carbocycles. The van der Waals surface area contributed by atoms with Gasteiger partial charge in [0.2, 0.25) is 5.78 Å². The van der Waals surface area contributed by atoms with Crippen molar-refractivity contribution in [3.63, 3.8) is 0 Å². The smallest absolute Gasteiger partial charge is 0.204 e. The lowest BCUT2D eigenvalue weighted by Crippen LogP contribution is -2.24. The number of aromatic nitrogens is 1. The standard InChI is InChI=1S/C22H19F2NO3/c1-14(27-19-8-4-17(23)5-9-19)21-12-3-16(13-25-21)22(26)15(2)28-20-10-6-18(24)7-11-20/h3-15H,1-2H3/t14-,15-/m1/s1. The maximum atomic E-state index is 13.0. The first-order valence-electron chi connectivity index (χ1n) is 8.77. The second-order valence-electron chi connectivity index (χ2n) is 6.26. The third kappa shape index (κ3) is 4.91. The molecule has 1 heterocycles. The number of ether oxygens (including phenoxy) is 2. The van der Waals surface area contributed by atoms with Gasteiger partial charge in [0, 0.05) is 11.8 Å². The van der Waals surface area contributed by atoms with Crippen molar-refractivity contribution in [3.8, 4) is 11.5 Å². The molecule has 3 aromatic rings. The first-order chi connectivity index (χ1) is 13.4. The molecule has 0 bridgehead atoms. The second kappa shape index (κ2) is 8.61. The molecule has 144 valence electrons. The van der Waals surface area contributed by atoms with Gasteiger partial charge in [0.05, 0.1) is 5.69 Å². The Labute approximate surface area is 161 Å². The van der Waals surface area contributed by atoms with Gasteiger partial charge in [-0.05, 0) is 74.5 Å². The van der Waals surface area contributed by atoms with Crippen LogP contribution in [-0.4, -0.2) is 16.9 Å². The molecule has 0 saturated heterocycles. The van der Waals surface area contributed by atoms with E-state index >= 15 is 0 Å². The van der Waals surface area contributed by atoms with Crippen molar-refractivity contribution < 1.29 is 23.0 Å². The molecule has 0 N–H and O–H groups in total. The summed E-state index contributed by atoms with van der Waals surface area (Å²) in [5.74, 6) is -0.0122. The van der Waals surface area contributed by atoms with Crippen molar-refractivity contribution in [2.75, 3.05) is 0 Å². The zero-order valence-corrected chi connectivity index (χ0v) is 15.4. The van der Waals surface area contributed by atoms with Gasteiger partial charge in [0.15, 0.2) is 6.10 Å². The van der Waals surface area contributed by atoms with Gasteiger partial charge in [-0.1, -0.05) is 0 Å². The summed E-state index contributed by atoms with van der Waals surface area (Å²) in [5, 5.41) is 0. The van der Waals surface area contributed by atoms with Crippen LogP contribution in [-0.2, 0) is 0 Å². The molecular weight excluding hydrogens is 364 g/mol. The number of ketones is 1. The molecule has 3 rings (SSSR count). The predicted octanol–water partition coefficient (Wildman–Crippen LogP) is 5.15. The summed E-state index contributed by atoms with van der Waals surface area (Å²) in [7, 11) is 0. The largest absolute Gasteiger partial charge is 0.484 e. The zero-order chi connectivity index (χ0) is 20.1. The van der Waals surface area contributed by atoms with Gasteiger partial charge in [0.25, 0.3) is 0 Å². The number of hydrogen-bond acceptors (Lipinski definition) is 4. The van der Waals surface area contributed by atoms with Crippen LogP contribution in [0.25, 0.3) is 0 Å². The van der Waals surface area contributed by atoms with Gasteiger partial charge < -0.3 is 9.47 Å². The summed E-state index contributed by atoms with van der Waals surface area (Å²) >= 11 is 0. The van der Waals surface area contributed by atoms with Crippen LogP contribution in [0, 0.1) is 11.6 Å². The van der Waals surface area contributed by atoms with Crippen LogP contribution in [0.1, 0.15) is 36.0 Å². The number of carbonyl (C=O) groups is 1. The van der Waals surface area contributed by atoms with Crippen LogP contribution in [0.2, 0.25) is 0 Å². The number of Topliss-reactive ketones (excluding diaryl/α,β-unsaturated/α-hetero) is 1.